The Kier molecular flexibility index (Phi) is 9.08. The van der Waals surface area contributed by atoms with Crippen LogP contribution in [0.1, 0.15) is 33.6 Å². The first-order valence-electron chi connectivity index (χ1n) is 10.3. The molecule has 0 aromatic carbocycles. The van der Waals surface area contributed by atoms with Crippen molar-refractivity contribution in [1.29, 1.82) is 0 Å². The number of allylic oxidation sites excluding steroid dienone is 7. The number of nitrogens with zero attached hydrogens (tertiary/aromatic N) is 3. The standard InChI is InChI=1S/C24H28BrF4N3O/c1-7-9-16(3)20(18(5)26)22-21(25)23(33-31(22)6)17(4)13-30-32(14-24(27,28)29)19-11-8-10-15(2)12-19/h7,9,11-13,22H,1,4,8,10,14H2,2-3,5-6H3/b16-9-,20-18-,30-13-. The summed E-state index contributed by atoms with van der Waals surface area (Å²) in [5.74, 6) is -0.140. The summed E-state index contributed by atoms with van der Waals surface area (Å²) in [7, 11) is 1.63. The van der Waals surface area contributed by atoms with Crippen molar-refractivity contribution in [2.24, 2.45) is 5.10 Å². The van der Waals surface area contributed by atoms with E-state index in [0.717, 1.165) is 17.0 Å². The summed E-state index contributed by atoms with van der Waals surface area (Å²) in [5.41, 5.74) is 2.63. The first-order chi connectivity index (χ1) is 15.4. The SMILES string of the molecule is C=C/C=C(C)\C(=C(/C)F)C1C(Br)=C(C(=C)/C=N\N(CC(F)(F)F)C2=CCCC(C)=C2)ON1C. The average Bonchev–Trinajstić information content (AvgIpc) is 2.99. The Hall–Kier alpha value is -2.39. The van der Waals surface area contributed by atoms with Crippen molar-refractivity contribution >= 4 is 22.1 Å². The lowest BCUT2D eigenvalue weighted by atomic mass is 9.97. The molecule has 0 saturated heterocycles. The summed E-state index contributed by atoms with van der Waals surface area (Å²) in [6, 6.07) is -0.607. The van der Waals surface area contributed by atoms with Crippen LogP contribution < -0.4 is 0 Å². The molecule has 0 amide bonds. The van der Waals surface area contributed by atoms with E-state index in [1.165, 1.54) is 18.2 Å². The first kappa shape index (κ1) is 26.9. The van der Waals surface area contributed by atoms with Gasteiger partial charge in [0.05, 0.1) is 16.4 Å². The van der Waals surface area contributed by atoms with Gasteiger partial charge in [-0.15, -0.1) is 5.06 Å². The van der Waals surface area contributed by atoms with Gasteiger partial charge in [0.1, 0.15) is 18.4 Å². The van der Waals surface area contributed by atoms with Crippen LogP contribution in [-0.4, -0.2) is 42.1 Å². The summed E-state index contributed by atoms with van der Waals surface area (Å²) in [4.78, 5) is 5.76. The van der Waals surface area contributed by atoms with Gasteiger partial charge in [-0.1, -0.05) is 37.0 Å². The van der Waals surface area contributed by atoms with Crippen molar-refractivity contribution in [3.63, 3.8) is 0 Å². The monoisotopic (exact) mass is 529 g/mol. The Labute approximate surface area is 200 Å². The van der Waals surface area contributed by atoms with Crippen LogP contribution in [0.2, 0.25) is 0 Å². The highest BCUT2D eigenvalue weighted by Crippen LogP contribution is 2.39. The number of hydrogen-bond donors (Lipinski definition) is 0. The van der Waals surface area contributed by atoms with Gasteiger partial charge < -0.3 is 4.84 Å². The average molecular weight is 530 g/mol. The minimum Gasteiger partial charge on any atom is -0.404 e. The van der Waals surface area contributed by atoms with Crippen molar-refractivity contribution < 1.29 is 22.4 Å². The van der Waals surface area contributed by atoms with Crippen LogP contribution >= 0.6 is 15.9 Å². The van der Waals surface area contributed by atoms with E-state index in [1.54, 1.807) is 38.3 Å². The van der Waals surface area contributed by atoms with E-state index >= 15 is 0 Å². The Morgan fingerprint density at radius 1 is 1.39 bits per heavy atom. The fourth-order valence-corrected chi connectivity index (χ4v) is 4.41. The molecule has 1 unspecified atom stereocenters. The van der Waals surface area contributed by atoms with Gasteiger partial charge in [0.15, 0.2) is 5.76 Å². The molecule has 2 aliphatic rings. The molecular weight excluding hydrogens is 502 g/mol. The van der Waals surface area contributed by atoms with Crippen molar-refractivity contribution in [2.45, 2.75) is 45.8 Å². The molecule has 0 radical (unpaired) electrons. The number of rotatable bonds is 8. The zero-order chi connectivity index (χ0) is 24.9. The summed E-state index contributed by atoms with van der Waals surface area (Å²) >= 11 is 3.46. The number of halogens is 5. The van der Waals surface area contributed by atoms with Crippen molar-refractivity contribution in [1.82, 2.24) is 10.1 Å². The van der Waals surface area contributed by atoms with E-state index < -0.39 is 24.6 Å². The molecule has 33 heavy (non-hydrogen) atoms. The molecule has 0 bridgehead atoms. The predicted octanol–water partition coefficient (Wildman–Crippen LogP) is 7.24. The largest absolute Gasteiger partial charge is 0.408 e. The molecule has 0 saturated carbocycles. The highest BCUT2D eigenvalue weighted by molar-refractivity contribution is 9.11. The molecule has 9 heteroatoms. The lowest BCUT2D eigenvalue weighted by molar-refractivity contribution is -0.141. The zero-order valence-electron chi connectivity index (χ0n) is 19.1. The van der Waals surface area contributed by atoms with E-state index in [1.807, 2.05) is 6.92 Å². The maximum Gasteiger partial charge on any atom is 0.408 e. The highest BCUT2D eigenvalue weighted by Gasteiger charge is 2.37. The van der Waals surface area contributed by atoms with Gasteiger partial charge in [-0.3, -0.25) is 5.01 Å². The second kappa shape index (κ2) is 11.2. The van der Waals surface area contributed by atoms with E-state index in [0.29, 0.717) is 27.7 Å². The lowest BCUT2D eigenvalue weighted by Gasteiger charge is -2.24. The minimum absolute atomic E-state index is 0.238. The van der Waals surface area contributed by atoms with Crippen LogP contribution in [0.25, 0.3) is 0 Å². The Balaban J connectivity index is 2.36. The van der Waals surface area contributed by atoms with Crippen molar-refractivity contribution in [3.8, 4) is 0 Å². The zero-order valence-corrected chi connectivity index (χ0v) is 20.7. The quantitative estimate of drug-likeness (QED) is 0.143. The lowest BCUT2D eigenvalue weighted by Crippen LogP contribution is -2.30. The Morgan fingerprint density at radius 2 is 2.06 bits per heavy atom. The topological polar surface area (TPSA) is 28.1 Å². The molecule has 1 heterocycles. The predicted molar refractivity (Wildman–Crippen MR) is 128 cm³/mol. The van der Waals surface area contributed by atoms with Gasteiger partial charge in [-0.05, 0) is 61.2 Å². The third-order valence-corrected chi connectivity index (χ3v) is 5.85. The maximum atomic E-state index is 14.4. The van der Waals surface area contributed by atoms with Crippen molar-refractivity contribution in [3.05, 3.63) is 81.5 Å². The molecule has 0 fully saturated rings. The highest BCUT2D eigenvalue weighted by atomic mass is 79.9. The van der Waals surface area contributed by atoms with Crippen molar-refractivity contribution in [2.75, 3.05) is 13.6 Å². The summed E-state index contributed by atoms with van der Waals surface area (Å²) in [6.45, 7) is 11.3. The summed E-state index contributed by atoms with van der Waals surface area (Å²) < 4.78 is 54.4. The Morgan fingerprint density at radius 3 is 2.61 bits per heavy atom. The van der Waals surface area contributed by atoms with Crippen LogP contribution in [-0.2, 0) is 4.84 Å². The number of alkyl halides is 3. The fourth-order valence-electron chi connectivity index (χ4n) is 3.56. The third-order valence-electron chi connectivity index (χ3n) is 5.05. The normalized spacial score (nSPS) is 21.0. The summed E-state index contributed by atoms with van der Waals surface area (Å²) in [5, 5.41) is 6.39. The number of hydroxylamine groups is 2. The maximum absolute atomic E-state index is 14.4. The van der Waals surface area contributed by atoms with E-state index in [4.69, 9.17) is 4.84 Å². The van der Waals surface area contributed by atoms with Gasteiger partial charge >= 0.3 is 6.18 Å². The number of hydrazone groups is 1. The van der Waals surface area contributed by atoms with Gasteiger partial charge in [0.25, 0.3) is 0 Å². The van der Waals surface area contributed by atoms with Gasteiger partial charge in [0, 0.05) is 18.2 Å². The Bertz CT molecular complexity index is 982. The number of likely N-dealkylation sites (N-methyl/N-ethyl adjacent to an activating group) is 1. The summed E-state index contributed by atoms with van der Waals surface area (Å²) in [6.07, 6.45) is 4.87. The van der Waals surface area contributed by atoms with Crippen LogP contribution in [0.15, 0.2) is 86.6 Å². The van der Waals surface area contributed by atoms with Gasteiger partial charge in [0.2, 0.25) is 0 Å². The molecule has 0 aromatic heterocycles. The third kappa shape index (κ3) is 7.04. The molecule has 1 aliphatic heterocycles. The second-order valence-corrected chi connectivity index (χ2v) is 8.70. The van der Waals surface area contributed by atoms with Crippen LogP contribution in [0.3, 0.4) is 0 Å². The van der Waals surface area contributed by atoms with Crippen LogP contribution in [0, 0.1) is 0 Å². The first-order valence-corrected chi connectivity index (χ1v) is 11.1. The molecule has 180 valence electrons. The van der Waals surface area contributed by atoms with Gasteiger partial charge in [-0.25, -0.2) is 4.39 Å². The smallest absolute Gasteiger partial charge is 0.404 e. The van der Waals surface area contributed by atoms with E-state index in [2.05, 4.69) is 34.2 Å². The molecule has 0 N–H and O–H groups in total. The fraction of sp³-hybridized carbons (Fsp3) is 0.375. The minimum atomic E-state index is -4.44. The molecular formula is C24H28BrF4N3O. The molecule has 0 aromatic rings. The van der Waals surface area contributed by atoms with E-state index in [-0.39, 0.29) is 11.3 Å². The molecule has 2 rings (SSSR count). The molecule has 1 atom stereocenters. The molecule has 4 nitrogen and oxygen atoms in total. The van der Waals surface area contributed by atoms with E-state index in [9.17, 15) is 17.6 Å². The molecule has 1 aliphatic carbocycles. The van der Waals surface area contributed by atoms with Crippen LogP contribution in [0.4, 0.5) is 17.6 Å². The second-order valence-electron chi connectivity index (χ2n) is 7.85. The molecule has 0 spiro atoms. The van der Waals surface area contributed by atoms with Crippen LogP contribution in [0.5, 0.6) is 0 Å². The number of hydrogen-bond acceptors (Lipinski definition) is 4. The van der Waals surface area contributed by atoms with Gasteiger partial charge in [-0.2, -0.15) is 18.3 Å².